The number of urea groups is 1. The number of aromatic amines is 1. The number of nitrogens with zero attached hydrogens (tertiary/aromatic N) is 2. The van der Waals surface area contributed by atoms with E-state index in [0.29, 0.717) is 108 Å². The van der Waals surface area contributed by atoms with Gasteiger partial charge in [-0.1, -0.05) is 135 Å². The number of unbranched alkanes of at least 4 members (excludes halogenated alkanes) is 3. The maximum atomic E-state index is 14.8. The second-order valence-electron chi connectivity index (χ2n) is 33.0. The van der Waals surface area contributed by atoms with Gasteiger partial charge < -0.3 is 66.6 Å². The van der Waals surface area contributed by atoms with Crippen LogP contribution in [0.1, 0.15) is 241 Å². The zero-order valence-corrected chi connectivity index (χ0v) is 66.7. The molecule has 2 saturated carbocycles. The number of nitrogens with two attached hydrogens (primary N) is 2. The predicted octanol–water partition coefficient (Wildman–Crippen LogP) is 9.84. The molecule has 0 aliphatic heterocycles. The summed E-state index contributed by atoms with van der Waals surface area (Å²) < 4.78 is 30.7. The fraction of sp³-hybridized carbons (Fsp3) is 0.659. The van der Waals surface area contributed by atoms with Gasteiger partial charge >= 0.3 is 12.1 Å². The van der Waals surface area contributed by atoms with Gasteiger partial charge in [0, 0.05) is 55.5 Å². The van der Waals surface area contributed by atoms with E-state index in [1.54, 1.807) is 44.2 Å². The minimum absolute atomic E-state index is 0.00979. The Bertz CT molecular complexity index is 3830. The van der Waals surface area contributed by atoms with Crippen molar-refractivity contribution in [3.63, 3.8) is 0 Å². The van der Waals surface area contributed by atoms with Gasteiger partial charge in [-0.3, -0.25) is 38.9 Å². The highest BCUT2D eigenvalue weighted by Crippen LogP contribution is 2.60. The maximum absolute atomic E-state index is 14.8. The van der Waals surface area contributed by atoms with Gasteiger partial charge in [0.1, 0.15) is 37.7 Å². The molecule has 1 unspecified atom stereocenters. The van der Waals surface area contributed by atoms with Crippen molar-refractivity contribution >= 4 is 58.8 Å². The SMILES string of the molecule is CCCCOCCOCCOCC[n+]1[nH]nc2c1CCCCCC2OCC(=O)CCCCC[C@@H](N)C(=O)N[C@H](C(=O)C[C@@H](CCCNC(N)=O)C(=O)Nc1ccc(COC(=O)N[C@@H](CO)C(=O)Cc2ccc3c(c2)[C@@]2(C)CCC[C@](C)(C(=O)NC(=O)[C@@]4(C)CCC[C@]5(C)c6cc(O)ccc6CC[C@@H]45)[C@@H]2CC3)cc1)C(C)C. The van der Waals surface area contributed by atoms with Crippen LogP contribution >= 0.6 is 0 Å². The topological polar surface area (TPSA) is 385 Å². The summed E-state index contributed by atoms with van der Waals surface area (Å²) in [7, 11) is 0. The molecule has 0 saturated heterocycles. The Kier molecular flexibility index (Phi) is 32.2. The van der Waals surface area contributed by atoms with Gasteiger partial charge in [-0.2, -0.15) is 4.68 Å². The number of aromatic hydroxyl groups is 1. The number of Topliss-reactive ketones (excluding diaryl/α,β-unsaturated/α-hetero) is 3. The quantitative estimate of drug-likeness (QED) is 0.0112. The molecule has 7 amide bonds. The molecule has 610 valence electrons. The summed E-state index contributed by atoms with van der Waals surface area (Å²) in [5.74, 6) is -3.44. The van der Waals surface area contributed by atoms with Crippen molar-refractivity contribution in [2.24, 2.45) is 46.0 Å². The number of hydrogen-bond acceptors (Lipinski definition) is 18. The number of H-pyrrole nitrogens is 1. The first-order chi connectivity index (χ1) is 53.2. The molecule has 1 aromatic heterocycles. The molecule has 3 aromatic carbocycles. The number of amides is 7. The summed E-state index contributed by atoms with van der Waals surface area (Å²) >= 11 is 0. The largest absolute Gasteiger partial charge is 0.508 e. The molecule has 11 atom stereocenters. The standard InChI is InChI=1S/C85H124N10O16/c1-8-9-42-107-44-46-109-47-45-108-43-41-95-68-22-14-11-15-23-71(75(68)93-94-95)110-54-63(98)20-12-10-13-21-66(86)77(102)91-74(55(2)3)70(100)50-60(19-16-40-88-80(87)105)76(101)89-61-31-25-56(26-32-61)53-111-81(106)90-67(52-96)69(99)49-57-24-27-58-29-34-72-82(4,64(58)48-57)36-17-38-84(72,6)78(103)92-79(104)85(7)39-18-37-83(5)65-51-62(97)33-28-59(65)30-35-73(83)85/h24-28,31-33,48,51,55,60,66-67,71-74,96H,8-23,29-30,34-47,49-50,52-54,86H2,1-7H3,(H8,87,88,89,90,91,92,97,101,102,103,104,105,106)/p+1/t60-,66-,67+,71?,72-,73-,74+,82-,83-,84+,85+/m1/s1. The third-order valence-corrected chi connectivity index (χ3v) is 24.7. The van der Waals surface area contributed by atoms with Gasteiger partial charge in [-0.15, -0.1) is 0 Å². The van der Waals surface area contributed by atoms with Gasteiger partial charge in [0.05, 0.1) is 62.6 Å². The number of ketones is 3. The Morgan fingerprint density at radius 2 is 1.32 bits per heavy atom. The minimum Gasteiger partial charge on any atom is -0.508 e. The third-order valence-electron chi connectivity index (χ3n) is 24.7. The number of aryl methyl sites for hydroxylation is 2. The lowest BCUT2D eigenvalue weighted by Crippen LogP contribution is -2.60. The van der Waals surface area contributed by atoms with Crippen LogP contribution in [0, 0.1) is 34.5 Å². The number of aromatic nitrogens is 3. The van der Waals surface area contributed by atoms with Gasteiger partial charge in [-0.05, 0) is 183 Å². The number of anilines is 1. The molecular formula is C85H125N10O16+. The lowest BCUT2D eigenvalue weighted by atomic mass is 9.49. The molecule has 111 heavy (non-hydrogen) atoms. The number of carbonyl (C=O) groups is 9. The van der Waals surface area contributed by atoms with Crippen LogP contribution < -0.4 is 42.7 Å². The monoisotopic (exact) mass is 1540 g/mol. The number of primary amides is 1. The lowest BCUT2D eigenvalue weighted by molar-refractivity contribution is -0.761. The Hall–Kier alpha value is -8.01. The molecule has 1 heterocycles. The number of aliphatic hydroxyl groups excluding tert-OH is 1. The fourth-order valence-corrected chi connectivity index (χ4v) is 18.3. The van der Waals surface area contributed by atoms with Gasteiger partial charge in [0.2, 0.25) is 29.3 Å². The smallest absolute Gasteiger partial charge is 0.408 e. The van der Waals surface area contributed by atoms with E-state index in [0.717, 1.165) is 131 Å². The van der Waals surface area contributed by atoms with Crippen LogP contribution in [0.3, 0.4) is 0 Å². The average molecular weight is 1540 g/mol. The second kappa shape index (κ2) is 41.2. The van der Waals surface area contributed by atoms with Crippen LogP contribution in [-0.4, -0.2) is 151 Å². The van der Waals surface area contributed by atoms with Crippen molar-refractivity contribution < 1.29 is 81.7 Å². The first-order valence-electron chi connectivity index (χ1n) is 40.9. The number of alkyl carbamates (subject to hydrolysis) is 1. The van der Waals surface area contributed by atoms with Crippen molar-refractivity contribution in [2.75, 3.05) is 64.7 Å². The average Bonchev–Trinajstić information content (AvgIpc) is 0.999. The number of ether oxygens (including phenoxy) is 5. The summed E-state index contributed by atoms with van der Waals surface area (Å²) in [5.41, 5.74) is 17.3. The normalized spacial score (nSPS) is 23.1. The van der Waals surface area contributed by atoms with E-state index in [-0.39, 0.29) is 97.4 Å². The minimum atomic E-state index is -1.28. The Balaban J connectivity index is 0.697. The van der Waals surface area contributed by atoms with Crippen LogP contribution in [0.15, 0.2) is 60.7 Å². The van der Waals surface area contributed by atoms with Crippen molar-refractivity contribution in [2.45, 2.75) is 264 Å². The zero-order valence-electron chi connectivity index (χ0n) is 66.7. The molecule has 0 bridgehead atoms. The van der Waals surface area contributed by atoms with Crippen LogP contribution in [0.4, 0.5) is 15.3 Å². The first-order valence-corrected chi connectivity index (χ1v) is 40.9. The summed E-state index contributed by atoms with van der Waals surface area (Å²) in [6, 6.07) is 14.1. The number of phenolic OH excluding ortho intramolecular Hbond substituents is 1. The molecule has 12 N–H and O–H groups in total. The fourth-order valence-electron chi connectivity index (χ4n) is 18.3. The van der Waals surface area contributed by atoms with Crippen molar-refractivity contribution in [3.05, 3.63) is 105 Å². The van der Waals surface area contributed by atoms with Crippen LogP contribution in [0.25, 0.3) is 0 Å². The number of phenols is 1. The maximum Gasteiger partial charge on any atom is 0.408 e. The molecule has 5 aliphatic carbocycles. The molecular weight excluding hydrogens is 1420 g/mol. The van der Waals surface area contributed by atoms with Crippen molar-refractivity contribution in [1.29, 1.82) is 0 Å². The summed E-state index contributed by atoms with van der Waals surface area (Å²) in [5, 5.41) is 42.5. The molecule has 0 spiro atoms. The molecule has 0 radical (unpaired) electrons. The number of carbonyl (C=O) groups excluding carboxylic acids is 9. The Labute approximate surface area is 654 Å². The van der Waals surface area contributed by atoms with Gasteiger partial charge in [-0.25, -0.2) is 9.59 Å². The van der Waals surface area contributed by atoms with E-state index in [1.165, 1.54) is 5.56 Å². The highest BCUT2D eigenvalue weighted by molar-refractivity contribution is 6.01. The van der Waals surface area contributed by atoms with Crippen molar-refractivity contribution in [1.82, 2.24) is 31.6 Å². The van der Waals surface area contributed by atoms with E-state index in [4.69, 9.17) is 35.2 Å². The number of imide groups is 1. The molecule has 2 fully saturated rings. The van der Waals surface area contributed by atoms with E-state index in [2.05, 4.69) is 57.7 Å². The zero-order chi connectivity index (χ0) is 79.9. The number of hydrogen-bond donors (Lipinski definition) is 10. The highest BCUT2D eigenvalue weighted by Gasteiger charge is 2.59. The van der Waals surface area contributed by atoms with E-state index in [1.807, 2.05) is 48.9 Å². The van der Waals surface area contributed by atoms with E-state index >= 15 is 0 Å². The third kappa shape index (κ3) is 22.9. The van der Waals surface area contributed by atoms with Gasteiger partial charge in [0.25, 0.3) is 0 Å². The summed E-state index contributed by atoms with van der Waals surface area (Å²) in [6.07, 6.45) is 15.8. The number of benzene rings is 3. The summed E-state index contributed by atoms with van der Waals surface area (Å²) in [6.45, 7) is 17.3. The molecule has 5 aliphatic rings. The number of rotatable bonds is 42. The number of nitrogens with one attached hydrogen (secondary N) is 6. The van der Waals surface area contributed by atoms with Gasteiger partial charge in [0.15, 0.2) is 23.0 Å². The summed E-state index contributed by atoms with van der Waals surface area (Å²) in [4.78, 5) is 123. The lowest BCUT2D eigenvalue weighted by Gasteiger charge is -2.56. The van der Waals surface area contributed by atoms with Crippen molar-refractivity contribution in [3.8, 4) is 5.75 Å². The predicted molar refractivity (Wildman–Crippen MR) is 418 cm³/mol. The number of aliphatic hydroxyl groups is 1. The van der Waals surface area contributed by atoms with Crippen LogP contribution in [0.5, 0.6) is 5.75 Å². The first kappa shape index (κ1) is 87.0. The van der Waals surface area contributed by atoms with Crippen LogP contribution in [-0.2, 0) is 107 Å². The second-order valence-corrected chi connectivity index (χ2v) is 33.0. The Morgan fingerprint density at radius 1 is 0.676 bits per heavy atom. The Morgan fingerprint density at radius 3 is 1.96 bits per heavy atom. The molecule has 26 nitrogen and oxygen atoms in total. The highest BCUT2D eigenvalue weighted by atomic mass is 16.6. The molecule has 4 aromatic rings. The van der Waals surface area contributed by atoms with E-state index < -0.39 is 76.6 Å². The molecule has 26 heteroatoms. The van der Waals surface area contributed by atoms with Crippen LogP contribution in [0.2, 0.25) is 0 Å². The number of fused-ring (bicyclic) bond motifs is 7. The molecule has 9 rings (SSSR count). The van der Waals surface area contributed by atoms with E-state index in [9.17, 15) is 53.4 Å².